The Kier molecular flexibility index (Phi) is 5.88. The number of hydrogen-bond acceptors (Lipinski definition) is 2. The molecule has 0 atom stereocenters. The second kappa shape index (κ2) is 8.11. The Bertz CT molecular complexity index is 699. The molecule has 2 aromatic rings. The molecule has 0 radical (unpaired) electrons. The monoisotopic (exact) mass is 313 g/mol. The highest BCUT2D eigenvalue weighted by atomic mass is 35.5. The molecule has 2 rings (SSSR count). The second-order valence-electron chi connectivity index (χ2n) is 4.61. The summed E-state index contributed by atoms with van der Waals surface area (Å²) in [5.41, 5.74) is 1.76. The van der Waals surface area contributed by atoms with Gasteiger partial charge in [0.2, 0.25) is 5.91 Å². The summed E-state index contributed by atoms with van der Waals surface area (Å²) in [5, 5.41) is 3.42. The minimum atomic E-state index is -0.0643. The molecule has 2 aromatic carbocycles. The molecule has 0 saturated heterocycles. The standard InChI is InChI=1S/C18H16ClNO2/c1-22-17-9-7-15(8-10-17)13-18(21)20-11-3-5-14-4-2-6-16(19)12-14/h2,4,6-10,12H,11,13H2,1H3,(H,20,21). The largest absolute Gasteiger partial charge is 0.497 e. The zero-order chi connectivity index (χ0) is 15.8. The van der Waals surface area contributed by atoms with Crippen molar-refractivity contribution in [1.29, 1.82) is 0 Å². The maximum atomic E-state index is 11.8. The molecular weight excluding hydrogens is 298 g/mol. The van der Waals surface area contributed by atoms with E-state index in [0.29, 0.717) is 18.0 Å². The highest BCUT2D eigenvalue weighted by Crippen LogP contribution is 2.11. The van der Waals surface area contributed by atoms with Gasteiger partial charge >= 0.3 is 0 Å². The number of carbonyl (C=O) groups is 1. The first kappa shape index (κ1) is 15.9. The van der Waals surface area contributed by atoms with Crippen molar-refractivity contribution in [2.45, 2.75) is 6.42 Å². The van der Waals surface area contributed by atoms with Crippen molar-refractivity contribution in [3.05, 3.63) is 64.7 Å². The smallest absolute Gasteiger partial charge is 0.225 e. The van der Waals surface area contributed by atoms with E-state index in [9.17, 15) is 4.79 Å². The molecule has 22 heavy (non-hydrogen) atoms. The van der Waals surface area contributed by atoms with E-state index >= 15 is 0 Å². The molecule has 0 unspecified atom stereocenters. The number of benzene rings is 2. The van der Waals surface area contributed by atoms with Crippen LogP contribution in [-0.4, -0.2) is 19.6 Å². The maximum Gasteiger partial charge on any atom is 0.225 e. The normalized spacial score (nSPS) is 9.55. The van der Waals surface area contributed by atoms with Crippen LogP contribution in [0, 0.1) is 11.8 Å². The summed E-state index contributed by atoms with van der Waals surface area (Å²) >= 11 is 5.87. The Morgan fingerprint density at radius 3 is 2.68 bits per heavy atom. The third kappa shape index (κ3) is 5.16. The molecule has 0 aromatic heterocycles. The van der Waals surface area contributed by atoms with Crippen LogP contribution in [0.1, 0.15) is 11.1 Å². The fourth-order valence-electron chi connectivity index (χ4n) is 1.85. The molecule has 112 valence electrons. The van der Waals surface area contributed by atoms with Crippen LogP contribution in [0.2, 0.25) is 5.02 Å². The first-order valence-electron chi connectivity index (χ1n) is 6.81. The maximum absolute atomic E-state index is 11.8. The lowest BCUT2D eigenvalue weighted by molar-refractivity contribution is -0.120. The second-order valence-corrected chi connectivity index (χ2v) is 5.05. The lowest BCUT2D eigenvalue weighted by atomic mass is 10.1. The number of ether oxygens (including phenoxy) is 1. The summed E-state index contributed by atoms with van der Waals surface area (Å²) in [5.74, 6) is 6.57. The van der Waals surface area contributed by atoms with Gasteiger partial charge in [0.15, 0.2) is 0 Å². The van der Waals surface area contributed by atoms with Crippen molar-refractivity contribution < 1.29 is 9.53 Å². The zero-order valence-electron chi connectivity index (χ0n) is 12.2. The van der Waals surface area contributed by atoms with E-state index in [0.717, 1.165) is 16.9 Å². The summed E-state index contributed by atoms with van der Waals surface area (Å²) in [6.07, 6.45) is 0.322. The van der Waals surface area contributed by atoms with Crippen LogP contribution in [0.3, 0.4) is 0 Å². The summed E-state index contributed by atoms with van der Waals surface area (Å²) in [6.45, 7) is 0.307. The molecule has 4 heteroatoms. The SMILES string of the molecule is COc1ccc(CC(=O)NCC#Cc2cccc(Cl)c2)cc1. The summed E-state index contributed by atoms with van der Waals surface area (Å²) in [4.78, 5) is 11.8. The minimum absolute atomic E-state index is 0.0643. The third-order valence-corrected chi connectivity index (χ3v) is 3.19. The average Bonchev–Trinajstić information content (AvgIpc) is 2.52. The van der Waals surface area contributed by atoms with Crippen LogP contribution in [0.25, 0.3) is 0 Å². The molecule has 0 saturated carbocycles. The van der Waals surface area contributed by atoms with Gasteiger partial charge in [-0.05, 0) is 35.9 Å². The van der Waals surface area contributed by atoms with E-state index in [4.69, 9.17) is 16.3 Å². The molecule has 3 nitrogen and oxygen atoms in total. The molecule has 1 N–H and O–H groups in total. The number of carbonyl (C=O) groups excluding carboxylic acids is 1. The predicted molar refractivity (Wildman–Crippen MR) is 88.0 cm³/mol. The fourth-order valence-corrected chi connectivity index (χ4v) is 2.04. The topological polar surface area (TPSA) is 38.3 Å². The Morgan fingerprint density at radius 1 is 1.23 bits per heavy atom. The molecule has 0 spiro atoms. The highest BCUT2D eigenvalue weighted by Gasteiger charge is 2.02. The van der Waals surface area contributed by atoms with Crippen LogP contribution in [0.5, 0.6) is 5.75 Å². The molecule has 0 aliphatic heterocycles. The first-order chi connectivity index (χ1) is 10.7. The summed E-state index contributed by atoms with van der Waals surface area (Å²) < 4.78 is 5.08. The fraction of sp³-hybridized carbons (Fsp3) is 0.167. The molecule has 0 bridgehead atoms. The summed E-state index contributed by atoms with van der Waals surface area (Å²) in [6, 6.07) is 14.7. The minimum Gasteiger partial charge on any atom is -0.497 e. The van der Waals surface area contributed by atoms with Crippen molar-refractivity contribution >= 4 is 17.5 Å². The Morgan fingerprint density at radius 2 is 2.00 bits per heavy atom. The van der Waals surface area contributed by atoms with Gasteiger partial charge in [-0.2, -0.15) is 0 Å². The van der Waals surface area contributed by atoms with Gasteiger partial charge in [-0.25, -0.2) is 0 Å². The summed E-state index contributed by atoms with van der Waals surface area (Å²) in [7, 11) is 1.61. The average molecular weight is 314 g/mol. The van der Waals surface area contributed by atoms with Crippen molar-refractivity contribution in [3.8, 4) is 17.6 Å². The van der Waals surface area contributed by atoms with Gasteiger partial charge in [0.1, 0.15) is 5.75 Å². The number of halogens is 1. The van der Waals surface area contributed by atoms with E-state index in [1.54, 1.807) is 19.2 Å². The number of rotatable bonds is 4. The van der Waals surface area contributed by atoms with E-state index in [1.807, 2.05) is 36.4 Å². The van der Waals surface area contributed by atoms with Gasteiger partial charge in [0.25, 0.3) is 0 Å². The van der Waals surface area contributed by atoms with Crippen LogP contribution in [0.15, 0.2) is 48.5 Å². The van der Waals surface area contributed by atoms with E-state index in [1.165, 1.54) is 0 Å². The van der Waals surface area contributed by atoms with Gasteiger partial charge in [-0.3, -0.25) is 4.79 Å². The van der Waals surface area contributed by atoms with Crippen LogP contribution in [-0.2, 0) is 11.2 Å². The number of nitrogens with one attached hydrogen (secondary N) is 1. The predicted octanol–water partition coefficient (Wildman–Crippen LogP) is 3.06. The molecule has 0 aliphatic carbocycles. The van der Waals surface area contributed by atoms with Crippen molar-refractivity contribution in [2.75, 3.05) is 13.7 Å². The molecule has 1 amide bonds. The van der Waals surface area contributed by atoms with Crippen LogP contribution < -0.4 is 10.1 Å². The van der Waals surface area contributed by atoms with E-state index in [-0.39, 0.29) is 5.91 Å². The van der Waals surface area contributed by atoms with Gasteiger partial charge < -0.3 is 10.1 Å². The van der Waals surface area contributed by atoms with Gasteiger partial charge in [0.05, 0.1) is 20.1 Å². The Labute approximate surface area is 135 Å². The van der Waals surface area contributed by atoms with Crippen molar-refractivity contribution in [1.82, 2.24) is 5.32 Å². The molecule has 0 fully saturated rings. The van der Waals surface area contributed by atoms with Crippen LogP contribution >= 0.6 is 11.6 Å². The molecule has 0 aliphatic rings. The third-order valence-electron chi connectivity index (χ3n) is 2.96. The molecule has 0 heterocycles. The van der Waals surface area contributed by atoms with Gasteiger partial charge in [-0.15, -0.1) is 0 Å². The number of amides is 1. The van der Waals surface area contributed by atoms with E-state index in [2.05, 4.69) is 17.2 Å². The van der Waals surface area contributed by atoms with Gasteiger partial charge in [-0.1, -0.05) is 41.6 Å². The number of hydrogen-bond donors (Lipinski definition) is 1. The first-order valence-corrected chi connectivity index (χ1v) is 7.19. The van der Waals surface area contributed by atoms with Crippen LogP contribution in [0.4, 0.5) is 0 Å². The Hall–Kier alpha value is -2.44. The zero-order valence-corrected chi connectivity index (χ0v) is 13.0. The number of methoxy groups -OCH3 is 1. The lowest BCUT2D eigenvalue weighted by Crippen LogP contribution is -2.25. The van der Waals surface area contributed by atoms with Crippen molar-refractivity contribution in [3.63, 3.8) is 0 Å². The van der Waals surface area contributed by atoms with E-state index < -0.39 is 0 Å². The van der Waals surface area contributed by atoms with Crippen molar-refractivity contribution in [2.24, 2.45) is 0 Å². The van der Waals surface area contributed by atoms with Gasteiger partial charge in [0, 0.05) is 10.6 Å². The quantitative estimate of drug-likeness (QED) is 0.881. The molecular formula is C18H16ClNO2. The lowest BCUT2D eigenvalue weighted by Gasteiger charge is -2.03. The Balaban J connectivity index is 1.80. The highest BCUT2D eigenvalue weighted by molar-refractivity contribution is 6.30.